The maximum absolute atomic E-state index is 11.2. The summed E-state index contributed by atoms with van der Waals surface area (Å²) >= 11 is 1.09. The van der Waals surface area contributed by atoms with Crippen LogP contribution in [0.1, 0.15) is 32.6 Å². The predicted octanol–water partition coefficient (Wildman–Crippen LogP) is 1.55. The van der Waals surface area contributed by atoms with Crippen molar-refractivity contribution >= 4 is 26.5 Å². The summed E-state index contributed by atoms with van der Waals surface area (Å²) in [6.45, 7) is 2.76. The molecular weight excluding hydrogens is 298 g/mol. The molecule has 2 aliphatic rings. The Kier molecular flexibility index (Phi) is 3.52. The molecule has 20 heavy (non-hydrogen) atoms. The standard InChI is InChI=1S/C12H19N3O3S2/c1-2-18-9-6-8(12(9)4-3-5-12)15-11-14-7-10(19-11)20(13,16)17/h7-9H,2-6H2,1H3,(H,14,15)(H2,13,16,17). The van der Waals surface area contributed by atoms with E-state index in [1.807, 2.05) is 6.92 Å². The number of aromatic nitrogens is 1. The van der Waals surface area contributed by atoms with Crippen molar-refractivity contribution < 1.29 is 13.2 Å². The molecule has 2 saturated carbocycles. The van der Waals surface area contributed by atoms with E-state index in [0.717, 1.165) is 24.4 Å². The highest BCUT2D eigenvalue weighted by molar-refractivity contribution is 7.91. The molecule has 0 aliphatic heterocycles. The maximum atomic E-state index is 11.2. The first-order valence-corrected chi connectivity index (χ1v) is 9.19. The number of anilines is 1. The second kappa shape index (κ2) is 4.94. The quantitative estimate of drug-likeness (QED) is 0.859. The van der Waals surface area contributed by atoms with Gasteiger partial charge in [-0.15, -0.1) is 0 Å². The number of rotatable bonds is 5. The fourth-order valence-corrected chi connectivity index (χ4v) is 4.75. The number of ether oxygens (including phenoxy) is 1. The van der Waals surface area contributed by atoms with E-state index in [1.54, 1.807) is 0 Å². The van der Waals surface area contributed by atoms with Gasteiger partial charge >= 0.3 is 0 Å². The Hall–Kier alpha value is -0.700. The van der Waals surface area contributed by atoms with Crippen LogP contribution in [0.15, 0.2) is 10.4 Å². The lowest BCUT2D eigenvalue weighted by Crippen LogP contribution is -2.64. The van der Waals surface area contributed by atoms with Crippen molar-refractivity contribution in [2.24, 2.45) is 10.6 Å². The van der Waals surface area contributed by atoms with Crippen LogP contribution in [-0.4, -0.2) is 32.2 Å². The van der Waals surface area contributed by atoms with Crippen LogP contribution in [0, 0.1) is 5.41 Å². The molecule has 1 heterocycles. The SMILES string of the molecule is CCOC1CC(Nc2ncc(S(N)(=O)=O)s2)C12CCC2. The summed E-state index contributed by atoms with van der Waals surface area (Å²) in [5.74, 6) is 0. The summed E-state index contributed by atoms with van der Waals surface area (Å²) in [6.07, 6.45) is 6.18. The summed E-state index contributed by atoms with van der Waals surface area (Å²) in [6, 6.07) is 0.326. The van der Waals surface area contributed by atoms with Crippen LogP contribution in [0.3, 0.4) is 0 Å². The molecule has 8 heteroatoms. The molecule has 3 rings (SSSR count). The normalized spacial score (nSPS) is 27.9. The van der Waals surface area contributed by atoms with Crippen molar-refractivity contribution in [3.63, 3.8) is 0 Å². The molecule has 112 valence electrons. The Morgan fingerprint density at radius 2 is 2.35 bits per heavy atom. The number of hydrogen-bond donors (Lipinski definition) is 2. The van der Waals surface area contributed by atoms with Gasteiger partial charge in [-0.05, 0) is 26.2 Å². The summed E-state index contributed by atoms with van der Waals surface area (Å²) in [5, 5.41) is 9.08. The lowest BCUT2D eigenvalue weighted by atomic mass is 9.51. The number of sulfonamides is 1. The number of nitrogens with zero attached hydrogens (tertiary/aromatic N) is 1. The van der Waals surface area contributed by atoms with E-state index in [4.69, 9.17) is 9.88 Å². The third-order valence-corrected chi connectivity index (χ3v) is 6.84. The number of primary sulfonamides is 1. The largest absolute Gasteiger partial charge is 0.378 e. The van der Waals surface area contributed by atoms with Gasteiger partial charge in [-0.25, -0.2) is 18.5 Å². The highest BCUT2D eigenvalue weighted by atomic mass is 32.2. The van der Waals surface area contributed by atoms with Gasteiger partial charge in [0.15, 0.2) is 9.34 Å². The summed E-state index contributed by atoms with van der Waals surface area (Å²) in [7, 11) is -3.65. The van der Waals surface area contributed by atoms with Gasteiger partial charge in [0, 0.05) is 18.1 Å². The monoisotopic (exact) mass is 317 g/mol. The topological polar surface area (TPSA) is 94.3 Å². The smallest absolute Gasteiger partial charge is 0.249 e. The first kappa shape index (κ1) is 14.2. The second-order valence-corrected chi connectivity index (χ2v) is 8.31. The fourth-order valence-electron chi connectivity index (χ4n) is 3.25. The van der Waals surface area contributed by atoms with Gasteiger partial charge in [0.05, 0.1) is 12.3 Å². The van der Waals surface area contributed by atoms with Crippen molar-refractivity contribution in [1.82, 2.24) is 4.98 Å². The molecule has 1 aromatic rings. The van der Waals surface area contributed by atoms with Crippen LogP contribution in [0.4, 0.5) is 5.13 Å². The van der Waals surface area contributed by atoms with Gasteiger partial charge in [-0.3, -0.25) is 0 Å². The van der Waals surface area contributed by atoms with E-state index in [0.29, 0.717) is 17.3 Å². The minimum absolute atomic E-state index is 0.100. The minimum Gasteiger partial charge on any atom is -0.378 e. The molecule has 1 aromatic heterocycles. The van der Waals surface area contributed by atoms with Gasteiger partial charge in [0.1, 0.15) is 0 Å². The molecule has 6 nitrogen and oxygen atoms in total. The Labute approximate surface area is 122 Å². The number of nitrogens with one attached hydrogen (secondary N) is 1. The highest BCUT2D eigenvalue weighted by Crippen LogP contribution is 2.58. The van der Waals surface area contributed by atoms with Gasteiger partial charge in [-0.1, -0.05) is 17.8 Å². The Balaban J connectivity index is 1.69. The van der Waals surface area contributed by atoms with Crippen LogP contribution in [0.25, 0.3) is 0 Å². The second-order valence-electron chi connectivity index (χ2n) is 5.49. The van der Waals surface area contributed by atoms with Crippen LogP contribution < -0.4 is 10.5 Å². The average molecular weight is 317 g/mol. The zero-order chi connectivity index (χ0) is 14.4. The molecule has 2 unspecified atom stereocenters. The Bertz CT molecular complexity index is 595. The van der Waals surface area contributed by atoms with Crippen LogP contribution in [0.5, 0.6) is 0 Å². The minimum atomic E-state index is -3.65. The van der Waals surface area contributed by atoms with E-state index in [-0.39, 0.29) is 9.62 Å². The van der Waals surface area contributed by atoms with Gasteiger partial charge in [0.25, 0.3) is 0 Å². The predicted molar refractivity (Wildman–Crippen MR) is 77.2 cm³/mol. The average Bonchev–Trinajstić information content (AvgIpc) is 2.73. The third kappa shape index (κ3) is 2.24. The van der Waals surface area contributed by atoms with Gasteiger partial charge < -0.3 is 10.1 Å². The molecule has 2 fully saturated rings. The van der Waals surface area contributed by atoms with E-state index in [9.17, 15) is 8.42 Å². The zero-order valence-electron chi connectivity index (χ0n) is 11.3. The molecule has 0 bridgehead atoms. The van der Waals surface area contributed by atoms with Crippen molar-refractivity contribution in [3.8, 4) is 0 Å². The van der Waals surface area contributed by atoms with Crippen molar-refractivity contribution in [2.75, 3.05) is 11.9 Å². The van der Waals surface area contributed by atoms with Crippen molar-refractivity contribution in [1.29, 1.82) is 0 Å². The van der Waals surface area contributed by atoms with Crippen LogP contribution >= 0.6 is 11.3 Å². The first-order chi connectivity index (χ1) is 9.45. The number of thiazole rings is 1. The van der Waals surface area contributed by atoms with Crippen molar-refractivity contribution in [3.05, 3.63) is 6.20 Å². The zero-order valence-corrected chi connectivity index (χ0v) is 13.0. The molecule has 0 radical (unpaired) electrons. The summed E-state index contributed by atoms with van der Waals surface area (Å²) in [4.78, 5) is 4.11. The number of hydrogen-bond acceptors (Lipinski definition) is 6. The van der Waals surface area contributed by atoms with Gasteiger partial charge in [0.2, 0.25) is 10.0 Å². The third-order valence-electron chi connectivity index (χ3n) is 4.50. The lowest BCUT2D eigenvalue weighted by molar-refractivity contribution is -0.157. The molecular formula is C12H19N3O3S2. The highest BCUT2D eigenvalue weighted by Gasteiger charge is 2.59. The Morgan fingerprint density at radius 3 is 2.85 bits per heavy atom. The van der Waals surface area contributed by atoms with Crippen LogP contribution in [0.2, 0.25) is 0 Å². The molecule has 1 spiro atoms. The molecule has 2 aliphatic carbocycles. The Morgan fingerprint density at radius 1 is 1.60 bits per heavy atom. The molecule has 0 saturated heterocycles. The van der Waals surface area contributed by atoms with Crippen LogP contribution in [-0.2, 0) is 14.8 Å². The molecule has 3 N–H and O–H groups in total. The van der Waals surface area contributed by atoms with E-state index < -0.39 is 10.0 Å². The van der Waals surface area contributed by atoms with Crippen molar-refractivity contribution in [2.45, 2.75) is 49.0 Å². The molecule has 2 atom stereocenters. The fraction of sp³-hybridized carbons (Fsp3) is 0.750. The van der Waals surface area contributed by atoms with Gasteiger partial charge in [-0.2, -0.15) is 0 Å². The van der Waals surface area contributed by atoms with E-state index >= 15 is 0 Å². The molecule has 0 aromatic carbocycles. The lowest BCUT2D eigenvalue weighted by Gasteiger charge is -2.61. The van der Waals surface area contributed by atoms with E-state index in [2.05, 4.69) is 10.3 Å². The summed E-state index contributed by atoms with van der Waals surface area (Å²) < 4.78 is 28.4. The van der Waals surface area contributed by atoms with E-state index in [1.165, 1.54) is 25.5 Å². The molecule has 0 amide bonds. The first-order valence-electron chi connectivity index (χ1n) is 6.82. The maximum Gasteiger partial charge on any atom is 0.249 e. The number of nitrogens with two attached hydrogens (primary N) is 1. The summed E-state index contributed by atoms with van der Waals surface area (Å²) in [5.41, 5.74) is 0.226.